The molecule has 1 unspecified atom stereocenters. The Kier molecular flexibility index (Phi) is 6.51. The maximum atomic E-state index is 12.6. The van der Waals surface area contributed by atoms with Gasteiger partial charge in [-0.2, -0.15) is 0 Å². The van der Waals surface area contributed by atoms with Crippen LogP contribution in [0.25, 0.3) is 0 Å². The Balaban J connectivity index is 1.94. The van der Waals surface area contributed by atoms with E-state index in [1.54, 1.807) is 19.1 Å². The predicted molar refractivity (Wildman–Crippen MR) is 105 cm³/mol. The van der Waals surface area contributed by atoms with Crippen LogP contribution in [-0.4, -0.2) is 38.4 Å². The highest BCUT2D eigenvalue weighted by molar-refractivity contribution is 7.89. The second kappa shape index (κ2) is 8.09. The number of likely N-dealkylation sites (tertiary alicyclic amines) is 1. The number of hydrogen-bond donors (Lipinski definition) is 1. The van der Waals surface area contributed by atoms with Crippen LogP contribution in [0.4, 0.5) is 0 Å². The van der Waals surface area contributed by atoms with Gasteiger partial charge >= 0.3 is 0 Å². The Hall–Kier alpha value is -1.40. The van der Waals surface area contributed by atoms with E-state index >= 15 is 0 Å². The molecule has 26 heavy (non-hydrogen) atoms. The lowest BCUT2D eigenvalue weighted by molar-refractivity contribution is -0.132. The third-order valence-corrected chi connectivity index (χ3v) is 6.41. The van der Waals surface area contributed by atoms with Crippen LogP contribution in [0.2, 0.25) is 0 Å². The normalized spacial score (nSPS) is 18.3. The molecular weight excluding hydrogens is 348 g/mol. The summed E-state index contributed by atoms with van der Waals surface area (Å²) in [6, 6.07) is 5.63. The second-order valence-corrected chi connectivity index (χ2v) is 10.3. The summed E-state index contributed by atoms with van der Waals surface area (Å²) in [5.41, 5.74) is 1.78. The molecule has 1 amide bonds. The van der Waals surface area contributed by atoms with Crippen LogP contribution in [0, 0.1) is 19.3 Å². The largest absolute Gasteiger partial charge is 0.340 e. The van der Waals surface area contributed by atoms with Crippen molar-refractivity contribution < 1.29 is 13.2 Å². The minimum atomic E-state index is -3.60. The third-order valence-electron chi connectivity index (χ3n) is 4.81. The van der Waals surface area contributed by atoms with E-state index in [1.165, 1.54) is 0 Å². The molecule has 0 spiro atoms. The van der Waals surface area contributed by atoms with Crippen LogP contribution in [0.15, 0.2) is 23.1 Å². The van der Waals surface area contributed by atoms with Gasteiger partial charge in [0.25, 0.3) is 0 Å². The van der Waals surface area contributed by atoms with Crippen LogP contribution >= 0.6 is 0 Å². The van der Waals surface area contributed by atoms with Crippen molar-refractivity contribution in [3.8, 4) is 0 Å². The van der Waals surface area contributed by atoms with Gasteiger partial charge in [0, 0.05) is 25.6 Å². The van der Waals surface area contributed by atoms with Crippen molar-refractivity contribution in [3.05, 3.63) is 29.3 Å². The fraction of sp³-hybridized carbons (Fsp3) is 0.650. The number of hydrogen-bond acceptors (Lipinski definition) is 3. The molecule has 0 aliphatic carbocycles. The summed E-state index contributed by atoms with van der Waals surface area (Å²) >= 11 is 0. The maximum absolute atomic E-state index is 12.6. The van der Waals surface area contributed by atoms with E-state index in [2.05, 4.69) is 25.5 Å². The van der Waals surface area contributed by atoms with E-state index in [1.807, 2.05) is 17.9 Å². The van der Waals surface area contributed by atoms with Crippen molar-refractivity contribution in [1.82, 2.24) is 9.62 Å². The number of amides is 1. The van der Waals surface area contributed by atoms with Crippen molar-refractivity contribution in [2.45, 2.75) is 71.2 Å². The molecule has 0 saturated carbocycles. The Morgan fingerprint density at radius 1 is 1.27 bits per heavy atom. The lowest BCUT2D eigenvalue weighted by Crippen LogP contribution is -2.39. The molecule has 2 rings (SSSR count). The standard InChI is InChI=1S/C20H32N2O3S/c1-15-8-9-16(2)18(13-15)26(24,25)21-11-10-19(23)22-12-6-7-17(22)14-20(3,4)5/h8-9,13,17,21H,6-7,10-12,14H2,1-5H3. The van der Waals surface area contributed by atoms with Gasteiger partial charge in [0.05, 0.1) is 4.90 Å². The number of rotatable bonds is 6. The fourth-order valence-corrected chi connectivity index (χ4v) is 4.95. The highest BCUT2D eigenvalue weighted by Gasteiger charge is 2.31. The van der Waals surface area contributed by atoms with Crippen molar-refractivity contribution in [1.29, 1.82) is 0 Å². The number of aryl methyl sites for hydroxylation is 2. The smallest absolute Gasteiger partial charge is 0.240 e. The van der Waals surface area contributed by atoms with Crippen LogP contribution < -0.4 is 4.72 Å². The van der Waals surface area contributed by atoms with Crippen LogP contribution in [0.5, 0.6) is 0 Å². The molecule has 1 aliphatic rings. The summed E-state index contributed by atoms with van der Waals surface area (Å²) in [6.07, 6.45) is 3.25. The molecule has 1 aromatic carbocycles. The first-order valence-electron chi connectivity index (χ1n) is 9.36. The molecule has 1 fully saturated rings. The molecule has 1 heterocycles. The monoisotopic (exact) mass is 380 g/mol. The molecule has 1 aromatic rings. The fourth-order valence-electron chi connectivity index (χ4n) is 3.59. The van der Waals surface area contributed by atoms with E-state index in [-0.39, 0.29) is 35.2 Å². The highest BCUT2D eigenvalue weighted by atomic mass is 32.2. The summed E-state index contributed by atoms with van der Waals surface area (Å²) in [6.45, 7) is 11.1. The average Bonchev–Trinajstić information content (AvgIpc) is 2.95. The number of nitrogens with one attached hydrogen (secondary N) is 1. The molecule has 0 bridgehead atoms. The first kappa shape index (κ1) is 20.9. The second-order valence-electron chi connectivity index (χ2n) is 8.56. The Morgan fingerprint density at radius 3 is 2.62 bits per heavy atom. The molecule has 1 aliphatic heterocycles. The van der Waals surface area contributed by atoms with Gasteiger partial charge in [-0.3, -0.25) is 4.79 Å². The van der Waals surface area contributed by atoms with E-state index < -0.39 is 10.0 Å². The van der Waals surface area contributed by atoms with Crippen molar-refractivity contribution >= 4 is 15.9 Å². The number of benzene rings is 1. The van der Waals surface area contributed by atoms with Crippen molar-refractivity contribution in [2.75, 3.05) is 13.1 Å². The number of carbonyl (C=O) groups is 1. The van der Waals surface area contributed by atoms with E-state index in [4.69, 9.17) is 0 Å². The van der Waals surface area contributed by atoms with E-state index in [9.17, 15) is 13.2 Å². The molecule has 6 heteroatoms. The van der Waals surface area contributed by atoms with Crippen LogP contribution in [-0.2, 0) is 14.8 Å². The summed E-state index contributed by atoms with van der Waals surface area (Å²) in [7, 11) is -3.60. The quantitative estimate of drug-likeness (QED) is 0.822. The zero-order valence-electron chi connectivity index (χ0n) is 16.6. The van der Waals surface area contributed by atoms with Gasteiger partial charge in [-0.05, 0) is 55.7 Å². The van der Waals surface area contributed by atoms with Gasteiger partial charge in [0.1, 0.15) is 0 Å². The van der Waals surface area contributed by atoms with Gasteiger partial charge in [-0.25, -0.2) is 13.1 Å². The first-order valence-corrected chi connectivity index (χ1v) is 10.8. The van der Waals surface area contributed by atoms with Gasteiger partial charge in [0.15, 0.2) is 0 Å². The number of nitrogens with zero attached hydrogens (tertiary/aromatic N) is 1. The van der Waals surface area contributed by atoms with Crippen LogP contribution in [0.1, 0.15) is 57.6 Å². The maximum Gasteiger partial charge on any atom is 0.240 e. The lowest BCUT2D eigenvalue weighted by atomic mass is 9.87. The molecule has 0 aromatic heterocycles. The van der Waals surface area contributed by atoms with Crippen LogP contribution in [0.3, 0.4) is 0 Å². The molecule has 5 nitrogen and oxygen atoms in total. The molecule has 1 N–H and O–H groups in total. The van der Waals surface area contributed by atoms with E-state index in [0.29, 0.717) is 5.56 Å². The Labute approximate surface area is 158 Å². The van der Waals surface area contributed by atoms with E-state index in [0.717, 1.165) is 31.4 Å². The summed E-state index contributed by atoms with van der Waals surface area (Å²) in [5, 5.41) is 0. The number of carbonyl (C=O) groups excluding carboxylic acids is 1. The predicted octanol–water partition coefficient (Wildman–Crippen LogP) is 3.40. The summed E-state index contributed by atoms with van der Waals surface area (Å²) in [5.74, 6) is 0.0421. The minimum Gasteiger partial charge on any atom is -0.340 e. The average molecular weight is 381 g/mol. The van der Waals surface area contributed by atoms with Crippen molar-refractivity contribution in [2.24, 2.45) is 5.41 Å². The molecule has 0 radical (unpaired) electrons. The first-order chi connectivity index (χ1) is 12.0. The van der Waals surface area contributed by atoms with Gasteiger partial charge < -0.3 is 4.90 Å². The zero-order chi connectivity index (χ0) is 19.5. The minimum absolute atomic E-state index is 0.0421. The zero-order valence-corrected chi connectivity index (χ0v) is 17.4. The topological polar surface area (TPSA) is 66.5 Å². The summed E-state index contributed by atoms with van der Waals surface area (Å²) < 4.78 is 27.6. The SMILES string of the molecule is Cc1ccc(C)c(S(=O)(=O)NCCC(=O)N2CCCC2CC(C)(C)C)c1. The Bertz CT molecular complexity index is 751. The highest BCUT2D eigenvalue weighted by Crippen LogP contribution is 2.30. The number of sulfonamides is 1. The van der Waals surface area contributed by atoms with Gasteiger partial charge in [0.2, 0.25) is 15.9 Å². The van der Waals surface area contributed by atoms with Gasteiger partial charge in [-0.15, -0.1) is 0 Å². The summed E-state index contributed by atoms with van der Waals surface area (Å²) in [4.78, 5) is 14.8. The Morgan fingerprint density at radius 2 is 1.96 bits per heavy atom. The molecule has 1 atom stereocenters. The molecule has 146 valence electrons. The third kappa shape index (κ3) is 5.55. The van der Waals surface area contributed by atoms with Gasteiger partial charge in [-0.1, -0.05) is 32.9 Å². The van der Waals surface area contributed by atoms with Crippen molar-refractivity contribution in [3.63, 3.8) is 0 Å². The lowest BCUT2D eigenvalue weighted by Gasteiger charge is -2.30. The molecule has 1 saturated heterocycles. The molecular formula is C20H32N2O3S.